The summed E-state index contributed by atoms with van der Waals surface area (Å²) in [4.78, 5) is 43.8. The topological polar surface area (TPSA) is 98.3 Å². The zero-order chi connectivity index (χ0) is 24.1. The molecule has 0 fully saturated rings. The van der Waals surface area contributed by atoms with Gasteiger partial charge in [0.05, 0.1) is 22.3 Å². The molecule has 1 heterocycles. The van der Waals surface area contributed by atoms with Crippen molar-refractivity contribution < 1.29 is 14.0 Å². The Bertz CT molecular complexity index is 1410. The van der Waals surface area contributed by atoms with Crippen LogP contribution in [0.25, 0.3) is 16.6 Å². The van der Waals surface area contributed by atoms with Crippen LogP contribution in [0.3, 0.4) is 0 Å². The van der Waals surface area contributed by atoms with E-state index in [4.69, 9.17) is 5.73 Å². The number of nitrogens with two attached hydrogens (primary N) is 1. The van der Waals surface area contributed by atoms with Crippen molar-refractivity contribution in [2.75, 3.05) is 17.2 Å². The van der Waals surface area contributed by atoms with Gasteiger partial charge in [-0.05, 0) is 36.4 Å². The predicted octanol–water partition coefficient (Wildman–Crippen LogP) is 3.53. The molecule has 0 aliphatic carbocycles. The number of fused-ring (bicyclic) bond motifs is 1. The van der Waals surface area contributed by atoms with Crippen LogP contribution in [0.1, 0.15) is 6.42 Å². The Kier molecular flexibility index (Phi) is 7.03. The number of anilines is 1. The molecular formula is C25H21FN4O3S. The lowest BCUT2D eigenvalue weighted by molar-refractivity contribution is -0.118. The van der Waals surface area contributed by atoms with E-state index < -0.39 is 17.3 Å². The summed E-state index contributed by atoms with van der Waals surface area (Å²) in [6, 6.07) is 21.6. The smallest absolute Gasteiger partial charge is 0.266 e. The van der Waals surface area contributed by atoms with Crippen LogP contribution in [0.15, 0.2) is 88.8 Å². The highest BCUT2D eigenvalue weighted by atomic mass is 32.2. The number of rotatable bonds is 8. The Morgan fingerprint density at radius 3 is 2.38 bits per heavy atom. The number of amides is 2. The van der Waals surface area contributed by atoms with Gasteiger partial charge in [-0.15, -0.1) is 0 Å². The molecule has 2 N–H and O–H groups in total. The number of hydrogen-bond acceptors (Lipinski definition) is 5. The van der Waals surface area contributed by atoms with Crippen LogP contribution >= 0.6 is 11.8 Å². The van der Waals surface area contributed by atoms with Crippen molar-refractivity contribution in [2.45, 2.75) is 11.6 Å². The minimum absolute atomic E-state index is 0.000535. The molecule has 4 aromatic rings. The zero-order valence-electron chi connectivity index (χ0n) is 18.1. The fourth-order valence-corrected chi connectivity index (χ4v) is 4.37. The molecule has 9 heteroatoms. The molecule has 7 nitrogen and oxygen atoms in total. The number of benzene rings is 3. The van der Waals surface area contributed by atoms with Gasteiger partial charge in [-0.2, -0.15) is 0 Å². The molecule has 172 valence electrons. The van der Waals surface area contributed by atoms with Crippen molar-refractivity contribution in [3.05, 3.63) is 95.0 Å². The van der Waals surface area contributed by atoms with E-state index in [0.717, 1.165) is 11.8 Å². The van der Waals surface area contributed by atoms with Gasteiger partial charge in [0.1, 0.15) is 5.82 Å². The van der Waals surface area contributed by atoms with Crippen LogP contribution in [0.2, 0.25) is 0 Å². The molecule has 0 aliphatic rings. The molecule has 0 radical (unpaired) electrons. The average Bonchev–Trinajstić information content (AvgIpc) is 2.84. The number of primary amides is 1. The normalized spacial score (nSPS) is 10.9. The third kappa shape index (κ3) is 4.99. The van der Waals surface area contributed by atoms with Gasteiger partial charge in [-0.25, -0.2) is 9.37 Å². The number of halogens is 1. The summed E-state index contributed by atoms with van der Waals surface area (Å²) >= 11 is 1.02. The number of para-hydroxylation sites is 3. The molecule has 4 rings (SSSR count). The lowest BCUT2D eigenvalue weighted by Gasteiger charge is -2.22. The standard InChI is InChI=1S/C25H21FN4O3S/c26-19-11-5-7-13-21(19)30-24(33)18-10-4-6-12-20(18)28-25(30)34-16-23(32)29(15-14-22(27)31)17-8-2-1-3-9-17/h1-13H,14-16H2,(H2,27,31). The molecular weight excluding hydrogens is 455 g/mol. The lowest BCUT2D eigenvalue weighted by Crippen LogP contribution is -2.35. The van der Waals surface area contributed by atoms with E-state index in [9.17, 15) is 18.8 Å². The van der Waals surface area contributed by atoms with Gasteiger partial charge in [-0.1, -0.05) is 54.2 Å². The molecule has 0 spiro atoms. The van der Waals surface area contributed by atoms with Crippen LogP contribution in [0.5, 0.6) is 0 Å². The summed E-state index contributed by atoms with van der Waals surface area (Å²) in [6.45, 7) is 0.115. The third-order valence-corrected chi connectivity index (χ3v) is 6.04. The molecule has 0 saturated heterocycles. The van der Waals surface area contributed by atoms with Crippen molar-refractivity contribution in [3.63, 3.8) is 0 Å². The number of aromatic nitrogens is 2. The molecule has 0 saturated carbocycles. The van der Waals surface area contributed by atoms with Crippen molar-refractivity contribution in [2.24, 2.45) is 5.73 Å². The van der Waals surface area contributed by atoms with E-state index in [2.05, 4.69) is 4.98 Å². The third-order valence-electron chi connectivity index (χ3n) is 5.11. The second-order valence-corrected chi connectivity index (χ2v) is 8.33. The first kappa shape index (κ1) is 23.2. The highest BCUT2D eigenvalue weighted by Crippen LogP contribution is 2.24. The summed E-state index contributed by atoms with van der Waals surface area (Å²) < 4.78 is 15.8. The monoisotopic (exact) mass is 476 g/mol. The fraction of sp³-hybridized carbons (Fsp3) is 0.120. The first-order valence-electron chi connectivity index (χ1n) is 10.5. The Labute approximate surface area is 199 Å². The Balaban J connectivity index is 1.70. The minimum Gasteiger partial charge on any atom is -0.370 e. The fourth-order valence-electron chi connectivity index (χ4n) is 3.49. The molecule has 3 aromatic carbocycles. The number of nitrogens with zero attached hydrogens (tertiary/aromatic N) is 3. The van der Waals surface area contributed by atoms with E-state index in [1.807, 2.05) is 6.07 Å². The van der Waals surface area contributed by atoms with E-state index in [-0.39, 0.29) is 35.5 Å². The molecule has 0 aliphatic heterocycles. The maximum absolute atomic E-state index is 14.6. The summed E-state index contributed by atoms with van der Waals surface area (Å²) in [5.41, 5.74) is 5.97. The first-order chi connectivity index (χ1) is 16.5. The van der Waals surface area contributed by atoms with Crippen molar-refractivity contribution in [1.82, 2.24) is 9.55 Å². The molecule has 1 aromatic heterocycles. The Morgan fingerprint density at radius 2 is 1.65 bits per heavy atom. The number of carbonyl (C=O) groups excluding carboxylic acids is 2. The van der Waals surface area contributed by atoms with Gasteiger partial charge >= 0.3 is 0 Å². The van der Waals surface area contributed by atoms with Crippen molar-refractivity contribution in [1.29, 1.82) is 0 Å². The van der Waals surface area contributed by atoms with E-state index in [1.165, 1.54) is 27.7 Å². The van der Waals surface area contributed by atoms with Gasteiger partial charge in [-0.3, -0.25) is 19.0 Å². The van der Waals surface area contributed by atoms with Gasteiger partial charge in [0.25, 0.3) is 5.56 Å². The summed E-state index contributed by atoms with van der Waals surface area (Å²) in [7, 11) is 0. The van der Waals surface area contributed by atoms with Crippen LogP contribution in [0.4, 0.5) is 10.1 Å². The van der Waals surface area contributed by atoms with Gasteiger partial charge < -0.3 is 10.6 Å². The van der Waals surface area contributed by atoms with Crippen LogP contribution in [-0.4, -0.2) is 33.7 Å². The molecule has 2 amide bonds. The highest BCUT2D eigenvalue weighted by Gasteiger charge is 2.20. The Morgan fingerprint density at radius 1 is 0.971 bits per heavy atom. The molecule has 0 atom stereocenters. The zero-order valence-corrected chi connectivity index (χ0v) is 18.9. The average molecular weight is 477 g/mol. The molecule has 0 bridgehead atoms. The number of carbonyl (C=O) groups is 2. The summed E-state index contributed by atoms with van der Waals surface area (Å²) in [5, 5.41) is 0.527. The quantitative estimate of drug-likeness (QED) is 0.310. The number of hydrogen-bond donors (Lipinski definition) is 1. The van der Waals surface area contributed by atoms with Crippen LogP contribution in [-0.2, 0) is 9.59 Å². The molecule has 0 unspecified atom stereocenters. The van der Waals surface area contributed by atoms with Crippen molar-refractivity contribution >= 4 is 40.2 Å². The van der Waals surface area contributed by atoms with E-state index in [0.29, 0.717) is 16.6 Å². The van der Waals surface area contributed by atoms with Gasteiger partial charge in [0.15, 0.2) is 5.16 Å². The number of thioether (sulfide) groups is 1. The van der Waals surface area contributed by atoms with Crippen LogP contribution in [0, 0.1) is 5.82 Å². The second kappa shape index (κ2) is 10.3. The highest BCUT2D eigenvalue weighted by molar-refractivity contribution is 7.99. The second-order valence-electron chi connectivity index (χ2n) is 7.39. The van der Waals surface area contributed by atoms with E-state index >= 15 is 0 Å². The minimum atomic E-state index is -0.581. The van der Waals surface area contributed by atoms with Gasteiger partial charge in [0.2, 0.25) is 11.8 Å². The van der Waals surface area contributed by atoms with Crippen molar-refractivity contribution in [3.8, 4) is 5.69 Å². The maximum Gasteiger partial charge on any atom is 0.266 e. The maximum atomic E-state index is 14.6. The summed E-state index contributed by atoms with van der Waals surface area (Å²) in [6.07, 6.45) is -0.000535. The predicted molar refractivity (Wildman–Crippen MR) is 131 cm³/mol. The SMILES string of the molecule is NC(=O)CCN(C(=O)CSc1nc2ccccc2c(=O)n1-c1ccccc1F)c1ccccc1. The van der Waals surface area contributed by atoms with E-state index in [1.54, 1.807) is 54.6 Å². The largest absolute Gasteiger partial charge is 0.370 e. The Hall–Kier alpha value is -3.98. The van der Waals surface area contributed by atoms with Gasteiger partial charge in [0, 0.05) is 18.7 Å². The molecule has 34 heavy (non-hydrogen) atoms. The first-order valence-corrected chi connectivity index (χ1v) is 11.5. The lowest BCUT2D eigenvalue weighted by atomic mass is 10.2. The summed E-state index contributed by atoms with van der Waals surface area (Å²) in [5.74, 6) is -1.50. The van der Waals surface area contributed by atoms with Crippen LogP contribution < -0.4 is 16.2 Å².